The van der Waals surface area contributed by atoms with E-state index in [1.165, 1.54) is 30.0 Å². The molecular weight excluding hydrogens is 418 g/mol. The fourth-order valence-electron chi connectivity index (χ4n) is 2.97. The van der Waals surface area contributed by atoms with E-state index in [1.54, 1.807) is 6.07 Å². The summed E-state index contributed by atoms with van der Waals surface area (Å²) >= 11 is 1.24. The first-order valence-corrected chi connectivity index (χ1v) is 10.7. The second-order valence-electron chi connectivity index (χ2n) is 6.81. The molecule has 1 N–H and O–H groups in total. The first kappa shape index (κ1) is 22.3. The third-order valence-corrected chi connectivity index (χ3v) is 5.37. The molecule has 1 heterocycles. The summed E-state index contributed by atoms with van der Waals surface area (Å²) in [5.74, 6) is 1.23. The monoisotopic (exact) mass is 441 g/mol. The van der Waals surface area contributed by atoms with E-state index < -0.39 is 4.92 Å². The van der Waals surface area contributed by atoms with Crippen molar-refractivity contribution in [3.8, 4) is 5.75 Å². The highest BCUT2D eigenvalue weighted by atomic mass is 32.2. The van der Waals surface area contributed by atoms with Crippen LogP contribution in [0.15, 0.2) is 53.7 Å². The van der Waals surface area contributed by atoms with Crippen molar-refractivity contribution in [2.75, 3.05) is 11.1 Å². The number of non-ortho nitro benzene ring substituents is 1. The number of thioether (sulfide) groups is 1. The number of aryl methyl sites for hydroxylation is 1. The molecule has 0 aliphatic carbocycles. The molecule has 1 atom stereocenters. The third-order valence-electron chi connectivity index (χ3n) is 4.40. The molecule has 1 unspecified atom stereocenters. The molecule has 2 aromatic carbocycles. The number of amides is 1. The number of nitrogens with one attached hydrogen (secondary N) is 1. The van der Waals surface area contributed by atoms with Gasteiger partial charge in [-0.15, -0.1) is 10.2 Å². The topological polar surface area (TPSA) is 112 Å². The molecule has 0 saturated heterocycles. The average molecular weight is 442 g/mol. The maximum Gasteiger partial charge on any atom is 0.271 e. The minimum absolute atomic E-state index is 0.0802. The molecule has 1 aromatic heterocycles. The zero-order valence-electron chi connectivity index (χ0n) is 17.4. The van der Waals surface area contributed by atoms with E-state index in [4.69, 9.17) is 4.74 Å². The van der Waals surface area contributed by atoms with Crippen LogP contribution >= 0.6 is 11.8 Å². The number of benzene rings is 2. The normalized spacial score (nSPS) is 11.7. The van der Waals surface area contributed by atoms with Gasteiger partial charge in [0.05, 0.1) is 10.7 Å². The Labute approximate surface area is 184 Å². The van der Waals surface area contributed by atoms with Gasteiger partial charge in [-0.05, 0) is 44.5 Å². The second-order valence-corrected chi connectivity index (χ2v) is 7.75. The number of anilines is 1. The number of hydrogen-bond donors (Lipinski definition) is 1. The van der Waals surface area contributed by atoms with Crippen LogP contribution in [0.1, 0.15) is 31.3 Å². The van der Waals surface area contributed by atoms with Crippen LogP contribution in [0.4, 0.5) is 11.4 Å². The third kappa shape index (κ3) is 5.82. The number of carbonyl (C=O) groups is 1. The lowest BCUT2D eigenvalue weighted by molar-refractivity contribution is -0.384. The predicted octanol–water partition coefficient (Wildman–Crippen LogP) is 4.39. The molecule has 1 amide bonds. The Bertz CT molecular complexity index is 1090. The molecule has 162 valence electrons. The van der Waals surface area contributed by atoms with E-state index in [-0.39, 0.29) is 23.5 Å². The molecule has 0 bridgehead atoms. The lowest BCUT2D eigenvalue weighted by Gasteiger charge is -2.16. The zero-order valence-corrected chi connectivity index (χ0v) is 18.3. The Morgan fingerprint density at radius 1 is 1.26 bits per heavy atom. The number of nitro benzene ring substituents is 1. The molecule has 31 heavy (non-hydrogen) atoms. The van der Waals surface area contributed by atoms with Crippen LogP contribution in [0.5, 0.6) is 5.75 Å². The number of nitro groups is 1. The predicted molar refractivity (Wildman–Crippen MR) is 118 cm³/mol. The molecule has 3 aromatic rings. The van der Waals surface area contributed by atoms with Gasteiger partial charge in [-0.25, -0.2) is 0 Å². The van der Waals surface area contributed by atoms with E-state index in [9.17, 15) is 14.9 Å². The zero-order chi connectivity index (χ0) is 22.4. The SMILES string of the molecule is CCn1c(SCC(=O)Nc2cccc([N+](=O)[O-])c2)nnc1C(C)Oc1cccc(C)c1. The number of nitrogens with zero attached hydrogens (tertiary/aromatic N) is 4. The maximum absolute atomic E-state index is 12.3. The Hall–Kier alpha value is -3.40. The smallest absolute Gasteiger partial charge is 0.271 e. The maximum atomic E-state index is 12.3. The van der Waals surface area contributed by atoms with E-state index in [1.807, 2.05) is 49.6 Å². The van der Waals surface area contributed by atoms with Crippen molar-refractivity contribution >= 4 is 29.0 Å². The molecule has 0 spiro atoms. The van der Waals surface area contributed by atoms with Crippen molar-refractivity contribution in [2.24, 2.45) is 0 Å². The minimum atomic E-state index is -0.504. The Balaban J connectivity index is 1.63. The van der Waals surface area contributed by atoms with Gasteiger partial charge in [0, 0.05) is 24.4 Å². The summed E-state index contributed by atoms with van der Waals surface area (Å²) in [6.07, 6.45) is -0.317. The van der Waals surface area contributed by atoms with Crippen LogP contribution in [0, 0.1) is 17.0 Å². The fraction of sp³-hybridized carbons (Fsp3) is 0.286. The van der Waals surface area contributed by atoms with Crippen molar-refractivity contribution < 1.29 is 14.5 Å². The van der Waals surface area contributed by atoms with Crippen LogP contribution in [0.3, 0.4) is 0 Å². The number of hydrogen-bond acceptors (Lipinski definition) is 7. The number of aromatic nitrogens is 3. The quantitative estimate of drug-likeness (QED) is 0.298. The van der Waals surface area contributed by atoms with Crippen LogP contribution < -0.4 is 10.1 Å². The second kappa shape index (κ2) is 10.1. The van der Waals surface area contributed by atoms with Gasteiger partial charge in [-0.1, -0.05) is 30.0 Å². The summed E-state index contributed by atoms with van der Waals surface area (Å²) in [4.78, 5) is 22.7. The number of carbonyl (C=O) groups excluding carboxylic acids is 1. The highest BCUT2D eigenvalue weighted by Crippen LogP contribution is 2.25. The summed E-state index contributed by atoms with van der Waals surface area (Å²) in [7, 11) is 0. The summed E-state index contributed by atoms with van der Waals surface area (Å²) in [6.45, 7) is 6.50. The van der Waals surface area contributed by atoms with Gasteiger partial charge in [0.25, 0.3) is 5.69 Å². The van der Waals surface area contributed by atoms with Gasteiger partial charge in [-0.3, -0.25) is 14.9 Å². The van der Waals surface area contributed by atoms with Gasteiger partial charge in [-0.2, -0.15) is 0 Å². The molecule has 3 rings (SSSR count). The average Bonchev–Trinajstić information content (AvgIpc) is 3.15. The first-order chi connectivity index (χ1) is 14.9. The van der Waals surface area contributed by atoms with E-state index >= 15 is 0 Å². The lowest BCUT2D eigenvalue weighted by atomic mass is 10.2. The number of ether oxygens (including phenoxy) is 1. The van der Waals surface area contributed by atoms with Gasteiger partial charge in [0.15, 0.2) is 17.1 Å². The lowest BCUT2D eigenvalue weighted by Crippen LogP contribution is -2.15. The van der Waals surface area contributed by atoms with Crippen LogP contribution in [0.2, 0.25) is 0 Å². The summed E-state index contributed by atoms with van der Waals surface area (Å²) in [6, 6.07) is 13.6. The fourth-order valence-corrected chi connectivity index (χ4v) is 3.78. The molecular formula is C21H23N5O4S. The minimum Gasteiger partial charge on any atom is -0.483 e. The molecule has 9 nitrogen and oxygen atoms in total. The number of rotatable bonds is 9. The summed E-state index contributed by atoms with van der Waals surface area (Å²) in [5, 5.41) is 22.6. The largest absolute Gasteiger partial charge is 0.483 e. The van der Waals surface area contributed by atoms with Crippen molar-refractivity contribution in [2.45, 2.75) is 38.6 Å². The van der Waals surface area contributed by atoms with E-state index in [2.05, 4.69) is 15.5 Å². The van der Waals surface area contributed by atoms with Crippen molar-refractivity contribution in [1.82, 2.24) is 14.8 Å². The van der Waals surface area contributed by atoms with Gasteiger partial charge in [0.2, 0.25) is 5.91 Å². The molecule has 0 radical (unpaired) electrons. The molecule has 0 fully saturated rings. The van der Waals surface area contributed by atoms with Crippen LogP contribution in [0.25, 0.3) is 0 Å². The Morgan fingerprint density at radius 2 is 2.03 bits per heavy atom. The summed E-state index contributed by atoms with van der Waals surface area (Å²) < 4.78 is 7.91. The highest BCUT2D eigenvalue weighted by Gasteiger charge is 2.19. The van der Waals surface area contributed by atoms with Crippen molar-refractivity contribution in [3.63, 3.8) is 0 Å². The molecule has 0 aliphatic heterocycles. The Morgan fingerprint density at radius 3 is 2.74 bits per heavy atom. The Kier molecular flexibility index (Phi) is 7.24. The van der Waals surface area contributed by atoms with Gasteiger partial charge in [0.1, 0.15) is 5.75 Å². The highest BCUT2D eigenvalue weighted by molar-refractivity contribution is 7.99. The molecule has 10 heteroatoms. The first-order valence-electron chi connectivity index (χ1n) is 9.71. The van der Waals surface area contributed by atoms with Crippen molar-refractivity contribution in [1.29, 1.82) is 0 Å². The standard InChI is InChI=1S/C21H23N5O4S/c1-4-25-20(15(3)30-18-10-5-7-14(2)11-18)23-24-21(25)31-13-19(27)22-16-8-6-9-17(12-16)26(28)29/h5-12,15H,4,13H2,1-3H3,(H,22,27). The summed E-state index contributed by atoms with van der Waals surface area (Å²) in [5.41, 5.74) is 1.40. The van der Waals surface area contributed by atoms with Crippen LogP contribution in [-0.2, 0) is 11.3 Å². The van der Waals surface area contributed by atoms with E-state index in [0.29, 0.717) is 23.2 Å². The van der Waals surface area contributed by atoms with Gasteiger partial charge >= 0.3 is 0 Å². The van der Waals surface area contributed by atoms with Crippen LogP contribution in [-0.4, -0.2) is 31.3 Å². The van der Waals surface area contributed by atoms with E-state index in [0.717, 1.165) is 11.3 Å². The molecule has 0 aliphatic rings. The van der Waals surface area contributed by atoms with Crippen molar-refractivity contribution in [3.05, 3.63) is 70.0 Å². The molecule has 0 saturated carbocycles. The van der Waals surface area contributed by atoms with Gasteiger partial charge < -0.3 is 14.6 Å².